The number of piperazine rings is 1. The van der Waals surface area contributed by atoms with Crippen molar-refractivity contribution in [3.63, 3.8) is 0 Å². The Bertz CT molecular complexity index is 765. The summed E-state index contributed by atoms with van der Waals surface area (Å²) in [7, 11) is 0. The van der Waals surface area contributed by atoms with Crippen LogP contribution in [0.25, 0.3) is 0 Å². The highest BCUT2D eigenvalue weighted by Crippen LogP contribution is 2.21. The van der Waals surface area contributed by atoms with Gasteiger partial charge in [0.1, 0.15) is 12.2 Å². The summed E-state index contributed by atoms with van der Waals surface area (Å²) in [4.78, 5) is 52.2. The minimum absolute atomic E-state index is 0.0476. The average Bonchev–Trinajstić information content (AvgIpc) is 2.82. The van der Waals surface area contributed by atoms with Crippen LogP contribution in [0.15, 0.2) is 24.3 Å². The van der Waals surface area contributed by atoms with Gasteiger partial charge in [-0.25, -0.2) is 9.59 Å². The van der Waals surface area contributed by atoms with E-state index in [4.69, 9.17) is 9.47 Å². The van der Waals surface area contributed by atoms with E-state index in [0.717, 1.165) is 51.4 Å². The second-order valence-corrected chi connectivity index (χ2v) is 9.23. The van der Waals surface area contributed by atoms with Gasteiger partial charge in [0.2, 0.25) is 11.8 Å². The van der Waals surface area contributed by atoms with E-state index in [-0.39, 0.29) is 30.1 Å². The molecule has 0 spiro atoms. The van der Waals surface area contributed by atoms with Crippen LogP contribution in [0.5, 0.6) is 0 Å². The van der Waals surface area contributed by atoms with Gasteiger partial charge in [0.05, 0.1) is 0 Å². The molecule has 33 heavy (non-hydrogen) atoms. The fourth-order valence-electron chi connectivity index (χ4n) is 4.74. The second kappa shape index (κ2) is 12.6. The van der Waals surface area contributed by atoms with E-state index in [2.05, 4.69) is 0 Å². The quantitative estimate of drug-likeness (QED) is 0.447. The molecule has 3 aliphatic rings. The fourth-order valence-corrected chi connectivity index (χ4v) is 4.74. The van der Waals surface area contributed by atoms with Gasteiger partial charge in [-0.3, -0.25) is 9.59 Å². The maximum atomic E-state index is 12.5. The number of carbonyl (C=O) groups excluding carboxylic acids is 4. The lowest BCUT2D eigenvalue weighted by atomic mass is 9.98. The molecule has 0 bridgehead atoms. The summed E-state index contributed by atoms with van der Waals surface area (Å²) in [5, 5.41) is 0. The smallest absolute Gasteiger partial charge is 0.331 e. The fraction of sp³-hybridized carbons (Fsp3) is 0.680. The molecule has 8 nitrogen and oxygen atoms in total. The van der Waals surface area contributed by atoms with Crippen LogP contribution in [0.3, 0.4) is 0 Å². The van der Waals surface area contributed by atoms with Crippen LogP contribution in [0.4, 0.5) is 0 Å². The maximum absolute atomic E-state index is 12.5. The van der Waals surface area contributed by atoms with Crippen LogP contribution < -0.4 is 0 Å². The Kier molecular flexibility index (Phi) is 9.51. The summed E-state index contributed by atoms with van der Waals surface area (Å²) in [5.74, 6) is -1.52. The second-order valence-electron chi connectivity index (χ2n) is 9.23. The number of ether oxygens (including phenoxy) is 2. The van der Waals surface area contributed by atoms with Gasteiger partial charge in [0, 0.05) is 50.0 Å². The summed E-state index contributed by atoms with van der Waals surface area (Å²) in [6.07, 6.45) is 14.9. The van der Waals surface area contributed by atoms with E-state index in [9.17, 15) is 19.2 Å². The lowest BCUT2D eigenvalue weighted by Gasteiger charge is -2.39. The number of carbonyl (C=O) groups is 4. The summed E-state index contributed by atoms with van der Waals surface area (Å²) in [5.41, 5.74) is 0. The monoisotopic (exact) mass is 460 g/mol. The van der Waals surface area contributed by atoms with Gasteiger partial charge in [0.15, 0.2) is 0 Å². The molecule has 3 rings (SSSR count). The van der Waals surface area contributed by atoms with Gasteiger partial charge >= 0.3 is 11.9 Å². The third-order valence-electron chi connectivity index (χ3n) is 6.62. The first-order chi connectivity index (χ1) is 15.9. The van der Waals surface area contributed by atoms with Crippen molar-refractivity contribution < 1.29 is 28.7 Å². The van der Waals surface area contributed by atoms with E-state index in [1.54, 1.807) is 9.80 Å². The van der Waals surface area contributed by atoms with Gasteiger partial charge in [-0.1, -0.05) is 12.8 Å². The highest BCUT2D eigenvalue weighted by Gasteiger charge is 2.28. The lowest BCUT2D eigenvalue weighted by molar-refractivity contribution is -0.145. The van der Waals surface area contributed by atoms with Crippen molar-refractivity contribution in [2.45, 2.75) is 89.4 Å². The summed E-state index contributed by atoms with van der Waals surface area (Å²) in [6.45, 7) is 2.92. The summed E-state index contributed by atoms with van der Waals surface area (Å²) in [6, 6.07) is -0.211. The van der Waals surface area contributed by atoms with Crippen LogP contribution in [0.1, 0.15) is 71.1 Å². The van der Waals surface area contributed by atoms with Crippen molar-refractivity contribution in [3.8, 4) is 0 Å². The largest absolute Gasteiger partial charge is 0.459 e. The topological polar surface area (TPSA) is 93.2 Å². The zero-order valence-electron chi connectivity index (χ0n) is 19.6. The molecular weight excluding hydrogens is 424 g/mol. The zero-order valence-corrected chi connectivity index (χ0v) is 19.6. The van der Waals surface area contributed by atoms with Crippen molar-refractivity contribution in [1.82, 2.24) is 9.80 Å². The molecule has 0 aromatic heterocycles. The van der Waals surface area contributed by atoms with Crippen LogP contribution in [-0.2, 0) is 28.7 Å². The predicted molar refractivity (Wildman–Crippen MR) is 122 cm³/mol. The predicted octanol–water partition coefficient (Wildman–Crippen LogP) is 2.91. The Morgan fingerprint density at radius 1 is 0.667 bits per heavy atom. The van der Waals surface area contributed by atoms with Crippen LogP contribution in [0.2, 0.25) is 0 Å². The molecule has 1 saturated heterocycles. The van der Waals surface area contributed by atoms with Crippen molar-refractivity contribution in [3.05, 3.63) is 24.3 Å². The first-order valence-corrected chi connectivity index (χ1v) is 12.3. The molecule has 2 aliphatic carbocycles. The number of amides is 2. The first kappa shape index (κ1) is 25.0. The number of hydrogen-bond donors (Lipinski definition) is 0. The molecule has 2 amide bonds. The Hall–Kier alpha value is -2.64. The molecule has 1 aliphatic heterocycles. The van der Waals surface area contributed by atoms with Crippen LogP contribution >= 0.6 is 0 Å². The van der Waals surface area contributed by atoms with E-state index >= 15 is 0 Å². The molecule has 0 radical (unpaired) electrons. The normalized spacial score (nSPS) is 23.1. The molecule has 0 N–H and O–H groups in total. The van der Waals surface area contributed by atoms with Crippen molar-refractivity contribution in [1.29, 1.82) is 0 Å². The Balaban J connectivity index is 1.41. The van der Waals surface area contributed by atoms with Crippen molar-refractivity contribution in [2.75, 3.05) is 19.6 Å². The average molecular weight is 461 g/mol. The van der Waals surface area contributed by atoms with Crippen LogP contribution in [-0.4, -0.2) is 71.4 Å². The third-order valence-corrected chi connectivity index (χ3v) is 6.62. The van der Waals surface area contributed by atoms with Gasteiger partial charge in [-0.05, 0) is 58.3 Å². The lowest BCUT2D eigenvalue weighted by Crippen LogP contribution is -2.54. The number of rotatable bonds is 6. The molecule has 182 valence electrons. The Morgan fingerprint density at radius 2 is 1.15 bits per heavy atom. The minimum Gasteiger partial charge on any atom is -0.459 e. The van der Waals surface area contributed by atoms with E-state index in [1.165, 1.54) is 37.1 Å². The SMILES string of the molecule is C[C@@H]1CN(C(=O)/C=C\C(=O)OC2CCCCC2)CCN1C(=O)/C=C\C(=O)OC1CCCCC1. The van der Waals surface area contributed by atoms with Crippen molar-refractivity contribution >= 4 is 23.8 Å². The Morgan fingerprint density at radius 3 is 1.64 bits per heavy atom. The zero-order chi connectivity index (χ0) is 23.6. The molecule has 0 aromatic rings. The first-order valence-electron chi connectivity index (χ1n) is 12.3. The Labute approximate surface area is 195 Å². The molecule has 3 fully saturated rings. The third kappa shape index (κ3) is 8.02. The molecule has 1 atom stereocenters. The summed E-state index contributed by atoms with van der Waals surface area (Å²) >= 11 is 0. The van der Waals surface area contributed by atoms with Gasteiger partial charge in [-0.2, -0.15) is 0 Å². The van der Waals surface area contributed by atoms with Crippen molar-refractivity contribution in [2.24, 2.45) is 0 Å². The van der Waals surface area contributed by atoms with Gasteiger partial charge in [-0.15, -0.1) is 0 Å². The molecular formula is C25H36N2O6. The number of hydrogen-bond acceptors (Lipinski definition) is 6. The highest BCUT2D eigenvalue weighted by atomic mass is 16.5. The van der Waals surface area contributed by atoms with Crippen LogP contribution in [0, 0.1) is 0 Å². The summed E-state index contributed by atoms with van der Waals surface area (Å²) < 4.78 is 10.8. The highest BCUT2D eigenvalue weighted by molar-refractivity contribution is 5.96. The molecule has 1 heterocycles. The standard InChI is InChI=1S/C25H36N2O6/c1-19-18-26(22(28)12-14-24(30)32-20-8-4-2-5-9-20)16-17-27(19)23(29)13-15-25(31)33-21-10-6-3-7-11-21/h12-15,19-21H,2-11,16-18H2,1H3/b14-12-,15-13-/t19-/m1/s1. The van der Waals surface area contributed by atoms with Gasteiger partial charge < -0.3 is 19.3 Å². The molecule has 0 unspecified atom stereocenters. The van der Waals surface area contributed by atoms with E-state index in [1.807, 2.05) is 6.92 Å². The minimum atomic E-state index is -0.484. The van der Waals surface area contributed by atoms with Gasteiger partial charge in [0.25, 0.3) is 0 Å². The van der Waals surface area contributed by atoms with E-state index in [0.29, 0.717) is 19.6 Å². The molecule has 0 aromatic carbocycles. The number of esters is 2. The molecule has 8 heteroatoms. The maximum Gasteiger partial charge on any atom is 0.331 e. The van der Waals surface area contributed by atoms with E-state index < -0.39 is 11.9 Å². The number of nitrogens with zero attached hydrogens (tertiary/aromatic N) is 2. The molecule has 2 saturated carbocycles.